The molecule has 0 bridgehead atoms. The Morgan fingerprint density at radius 3 is 2.66 bits per heavy atom. The molecule has 1 heterocycles. The molecule has 0 aromatic heterocycles. The van der Waals surface area contributed by atoms with E-state index in [-0.39, 0.29) is 6.61 Å². The molecule has 1 aromatic carbocycles. The number of likely N-dealkylation sites (tertiary alicyclic amines) is 1. The van der Waals surface area contributed by atoms with E-state index in [1.165, 1.54) is 4.90 Å². The van der Waals surface area contributed by atoms with Gasteiger partial charge in [0.25, 0.3) is 0 Å². The number of rotatable bonds is 8. The van der Waals surface area contributed by atoms with Crippen molar-refractivity contribution in [3.8, 4) is 0 Å². The number of ketones is 1. The predicted octanol–water partition coefficient (Wildman–Crippen LogP) is 1.98. The lowest BCUT2D eigenvalue weighted by Crippen LogP contribution is -2.55. The van der Waals surface area contributed by atoms with E-state index in [1.807, 2.05) is 31.2 Å². The van der Waals surface area contributed by atoms with Crippen LogP contribution >= 0.6 is 0 Å². The number of carbonyl (C=O) groups is 4. The van der Waals surface area contributed by atoms with Gasteiger partial charge in [-0.2, -0.15) is 0 Å². The molecule has 0 radical (unpaired) electrons. The fraction of sp³-hybridized carbons (Fsp3) is 0.500. The zero-order valence-electron chi connectivity index (χ0n) is 16.2. The number of nitrogens with one attached hydrogen (secondary N) is 1. The Labute approximate surface area is 168 Å². The molecule has 1 aliphatic heterocycles. The van der Waals surface area contributed by atoms with Crippen molar-refractivity contribution >= 4 is 23.8 Å². The molecule has 0 aliphatic carbocycles. The summed E-state index contributed by atoms with van der Waals surface area (Å²) in [5.74, 6) is -3.05. The minimum Gasteiger partial charge on any atom is -0.481 e. The van der Waals surface area contributed by atoms with Crippen LogP contribution in [0.4, 0.5) is 9.18 Å². The zero-order valence-corrected chi connectivity index (χ0v) is 16.2. The van der Waals surface area contributed by atoms with E-state index in [4.69, 9.17) is 9.84 Å². The summed E-state index contributed by atoms with van der Waals surface area (Å²) in [4.78, 5) is 49.0. The van der Waals surface area contributed by atoms with Crippen molar-refractivity contribution in [1.82, 2.24) is 10.2 Å². The quantitative estimate of drug-likeness (QED) is 0.680. The van der Waals surface area contributed by atoms with Gasteiger partial charge in [0, 0.05) is 6.54 Å². The van der Waals surface area contributed by atoms with Crippen molar-refractivity contribution in [1.29, 1.82) is 0 Å². The molecule has 2 rings (SSSR count). The molecule has 1 unspecified atom stereocenters. The Morgan fingerprint density at radius 1 is 1.28 bits per heavy atom. The van der Waals surface area contributed by atoms with Gasteiger partial charge in [0.2, 0.25) is 5.91 Å². The summed E-state index contributed by atoms with van der Waals surface area (Å²) in [6.07, 6.45) is 0.319. The van der Waals surface area contributed by atoms with Crippen LogP contribution in [0.2, 0.25) is 0 Å². The molecule has 1 aliphatic rings. The molecule has 2 amide bonds. The normalized spacial score (nSPS) is 17.3. The molecular formula is C20H25FN2O6. The van der Waals surface area contributed by atoms with Crippen molar-refractivity contribution in [3.05, 3.63) is 35.4 Å². The molecule has 8 nitrogen and oxygen atoms in total. The van der Waals surface area contributed by atoms with Crippen LogP contribution in [-0.4, -0.2) is 59.1 Å². The Bertz CT molecular complexity index is 769. The maximum absolute atomic E-state index is 12.7. The molecule has 2 atom stereocenters. The third kappa shape index (κ3) is 6.27. The summed E-state index contributed by atoms with van der Waals surface area (Å²) in [6, 6.07) is 5.05. The molecule has 0 spiro atoms. The van der Waals surface area contributed by atoms with Crippen molar-refractivity contribution in [2.24, 2.45) is 0 Å². The van der Waals surface area contributed by atoms with Crippen LogP contribution in [0.3, 0.4) is 0 Å². The summed E-state index contributed by atoms with van der Waals surface area (Å²) in [5, 5.41) is 11.2. The first-order valence-corrected chi connectivity index (χ1v) is 9.42. The van der Waals surface area contributed by atoms with Crippen molar-refractivity contribution in [2.75, 3.05) is 13.2 Å². The van der Waals surface area contributed by atoms with E-state index in [1.54, 1.807) is 0 Å². The van der Waals surface area contributed by atoms with Crippen LogP contribution in [0.15, 0.2) is 24.3 Å². The first-order valence-electron chi connectivity index (χ1n) is 9.42. The molecule has 9 heteroatoms. The summed E-state index contributed by atoms with van der Waals surface area (Å²) in [7, 11) is 0. The van der Waals surface area contributed by atoms with E-state index >= 15 is 0 Å². The van der Waals surface area contributed by atoms with Gasteiger partial charge in [0.05, 0.1) is 6.42 Å². The highest BCUT2D eigenvalue weighted by Gasteiger charge is 2.35. The summed E-state index contributed by atoms with van der Waals surface area (Å²) in [5.41, 5.74) is 1.81. The number of carbonyl (C=O) groups excluding carboxylic acids is 3. The van der Waals surface area contributed by atoms with Crippen LogP contribution in [0.1, 0.15) is 36.8 Å². The first-order chi connectivity index (χ1) is 13.8. The van der Waals surface area contributed by atoms with Crippen molar-refractivity contribution < 1.29 is 33.4 Å². The van der Waals surface area contributed by atoms with Crippen LogP contribution in [-0.2, 0) is 25.7 Å². The maximum Gasteiger partial charge on any atom is 0.410 e. The molecule has 2 N–H and O–H groups in total. The second-order valence-corrected chi connectivity index (χ2v) is 6.95. The summed E-state index contributed by atoms with van der Waals surface area (Å²) < 4.78 is 18.1. The molecule has 1 saturated heterocycles. The van der Waals surface area contributed by atoms with Crippen LogP contribution in [0.25, 0.3) is 0 Å². The number of hydrogen-bond donors (Lipinski definition) is 2. The summed E-state index contributed by atoms with van der Waals surface area (Å²) >= 11 is 0. The number of hydrogen-bond acceptors (Lipinski definition) is 5. The SMILES string of the molecule is Cc1ccccc1COC(=O)N1CCCC[C@H]1C(=O)NC(CC(=O)O)C(=O)CF. The predicted molar refractivity (Wildman–Crippen MR) is 101 cm³/mol. The van der Waals surface area contributed by atoms with Gasteiger partial charge >= 0.3 is 12.1 Å². The van der Waals surface area contributed by atoms with Gasteiger partial charge in [-0.05, 0) is 37.3 Å². The van der Waals surface area contributed by atoms with Crippen LogP contribution in [0, 0.1) is 6.92 Å². The number of aryl methyl sites for hydroxylation is 1. The van der Waals surface area contributed by atoms with Gasteiger partial charge in [-0.3, -0.25) is 19.3 Å². The number of halogens is 1. The number of aliphatic carboxylic acids is 1. The van der Waals surface area contributed by atoms with Crippen LogP contribution in [0.5, 0.6) is 0 Å². The molecule has 0 saturated carbocycles. The number of alkyl halides is 1. The zero-order chi connectivity index (χ0) is 21.4. The van der Waals surface area contributed by atoms with Crippen molar-refractivity contribution in [3.63, 3.8) is 0 Å². The number of piperidine rings is 1. The van der Waals surface area contributed by atoms with Gasteiger partial charge in [0.15, 0.2) is 5.78 Å². The molecule has 158 valence electrons. The Hall–Kier alpha value is -2.97. The fourth-order valence-corrected chi connectivity index (χ4v) is 3.20. The summed E-state index contributed by atoms with van der Waals surface area (Å²) in [6.45, 7) is 0.861. The number of benzene rings is 1. The van der Waals surface area contributed by atoms with Crippen molar-refractivity contribution in [2.45, 2.75) is 51.3 Å². The highest BCUT2D eigenvalue weighted by molar-refractivity contribution is 5.94. The van der Waals surface area contributed by atoms with Gasteiger partial charge in [-0.15, -0.1) is 0 Å². The Kier molecular flexibility index (Phi) is 8.11. The number of carboxylic acid groups (broad SMARTS) is 1. The smallest absolute Gasteiger partial charge is 0.410 e. The Morgan fingerprint density at radius 2 is 2.00 bits per heavy atom. The molecule has 1 aromatic rings. The lowest BCUT2D eigenvalue weighted by molar-refractivity contribution is -0.140. The molecule has 29 heavy (non-hydrogen) atoms. The average molecular weight is 408 g/mol. The fourth-order valence-electron chi connectivity index (χ4n) is 3.20. The third-order valence-electron chi connectivity index (χ3n) is 4.87. The first kappa shape index (κ1) is 22.3. The standard InChI is InChI=1S/C20H25FN2O6/c1-13-6-2-3-7-14(13)12-29-20(28)23-9-5-4-8-16(23)19(27)22-15(10-18(25)26)17(24)11-21/h2-3,6-7,15-16H,4-5,8-12H2,1H3,(H,22,27)(H,25,26)/t15?,16-/m0/s1. The minimum absolute atomic E-state index is 0.0539. The highest BCUT2D eigenvalue weighted by atomic mass is 19.1. The number of amides is 2. The van der Waals surface area contributed by atoms with Gasteiger partial charge in [-0.25, -0.2) is 9.18 Å². The molecule has 1 fully saturated rings. The van der Waals surface area contributed by atoms with Gasteiger partial charge in [0.1, 0.15) is 25.4 Å². The van der Waals surface area contributed by atoms with E-state index in [0.717, 1.165) is 11.1 Å². The van der Waals surface area contributed by atoms with E-state index in [9.17, 15) is 23.6 Å². The number of nitrogens with zero attached hydrogens (tertiary/aromatic N) is 1. The monoisotopic (exact) mass is 408 g/mol. The largest absolute Gasteiger partial charge is 0.481 e. The van der Waals surface area contributed by atoms with Crippen LogP contribution < -0.4 is 5.32 Å². The maximum atomic E-state index is 12.7. The lowest BCUT2D eigenvalue weighted by atomic mass is 10.0. The molecular weight excluding hydrogens is 383 g/mol. The highest BCUT2D eigenvalue weighted by Crippen LogP contribution is 2.20. The third-order valence-corrected chi connectivity index (χ3v) is 4.87. The van der Waals surface area contributed by atoms with E-state index in [2.05, 4.69) is 5.32 Å². The second kappa shape index (κ2) is 10.5. The van der Waals surface area contributed by atoms with Gasteiger partial charge < -0.3 is 15.2 Å². The van der Waals surface area contributed by atoms with Gasteiger partial charge in [-0.1, -0.05) is 24.3 Å². The number of Topliss-reactive ketones (excluding diaryl/α,β-unsaturated/α-hetero) is 1. The second-order valence-electron chi connectivity index (χ2n) is 6.95. The lowest BCUT2D eigenvalue weighted by Gasteiger charge is -2.34. The number of carboxylic acids is 1. The Balaban J connectivity index is 2.04. The topological polar surface area (TPSA) is 113 Å². The van der Waals surface area contributed by atoms with E-state index in [0.29, 0.717) is 25.8 Å². The van der Waals surface area contributed by atoms with E-state index < -0.39 is 48.9 Å². The minimum atomic E-state index is -1.48. The average Bonchev–Trinajstić information content (AvgIpc) is 2.71. The number of ether oxygens (including phenoxy) is 1.